The predicted molar refractivity (Wildman–Crippen MR) is 113 cm³/mol. The van der Waals surface area contributed by atoms with E-state index in [9.17, 15) is 9.59 Å². The summed E-state index contributed by atoms with van der Waals surface area (Å²) in [5.74, 6) is -0.385. The molecule has 2 amide bonds. The highest BCUT2D eigenvalue weighted by molar-refractivity contribution is 7.18. The topological polar surface area (TPSA) is 70.7 Å². The minimum Gasteiger partial charge on any atom is -0.378 e. The highest BCUT2D eigenvalue weighted by Crippen LogP contribution is 2.39. The minimum atomic E-state index is -0.576. The van der Waals surface area contributed by atoms with Crippen LogP contribution in [-0.4, -0.2) is 50.7 Å². The molecular formula is C21H27N3O3S. The number of morpholine rings is 1. The zero-order valence-corrected chi connectivity index (χ0v) is 17.2. The molecule has 28 heavy (non-hydrogen) atoms. The van der Waals surface area contributed by atoms with Crippen LogP contribution in [0.3, 0.4) is 0 Å². The Bertz CT molecular complexity index is 800. The number of ether oxygens (including phenoxy) is 1. The van der Waals surface area contributed by atoms with Crippen LogP contribution in [0.5, 0.6) is 0 Å². The number of carbonyl (C=O) groups excluding carboxylic acids is 2. The zero-order valence-electron chi connectivity index (χ0n) is 16.4. The van der Waals surface area contributed by atoms with Gasteiger partial charge in [-0.2, -0.15) is 0 Å². The molecule has 1 aromatic heterocycles. The number of thiophene rings is 1. The van der Waals surface area contributed by atoms with Crippen LogP contribution >= 0.6 is 11.3 Å². The van der Waals surface area contributed by atoms with Crippen LogP contribution in [0.25, 0.3) is 11.1 Å². The van der Waals surface area contributed by atoms with E-state index in [0.29, 0.717) is 24.6 Å². The number of hydrogen-bond donors (Lipinski definition) is 2. The largest absolute Gasteiger partial charge is 0.378 e. The average Bonchev–Trinajstić information content (AvgIpc) is 3.19. The van der Waals surface area contributed by atoms with Crippen LogP contribution in [0.1, 0.15) is 29.9 Å². The van der Waals surface area contributed by atoms with E-state index in [0.717, 1.165) is 35.6 Å². The monoisotopic (exact) mass is 401 g/mol. The molecule has 1 saturated heterocycles. The van der Waals surface area contributed by atoms with Crippen LogP contribution in [0, 0.1) is 0 Å². The highest BCUT2D eigenvalue weighted by atomic mass is 32.1. The first-order chi connectivity index (χ1) is 13.6. The van der Waals surface area contributed by atoms with Gasteiger partial charge in [-0.25, -0.2) is 0 Å². The smallest absolute Gasteiger partial charge is 0.262 e. The van der Waals surface area contributed by atoms with E-state index in [-0.39, 0.29) is 11.8 Å². The van der Waals surface area contributed by atoms with Crippen LogP contribution in [0.2, 0.25) is 0 Å². The molecular weight excluding hydrogens is 374 g/mol. The molecule has 1 aliphatic rings. The SMILES string of the molecule is CCCNC(=O)[C@@H](C)NC(=O)c1cc(-c2ccccc2)c(N2CCOCC2)s1. The molecule has 2 aromatic rings. The third-order valence-electron chi connectivity index (χ3n) is 4.61. The van der Waals surface area contributed by atoms with E-state index in [1.807, 2.05) is 31.2 Å². The summed E-state index contributed by atoms with van der Waals surface area (Å²) in [4.78, 5) is 27.7. The molecule has 1 aliphatic heterocycles. The summed E-state index contributed by atoms with van der Waals surface area (Å²) in [7, 11) is 0. The second kappa shape index (κ2) is 9.71. The molecule has 2 heterocycles. The average molecular weight is 402 g/mol. The van der Waals surface area contributed by atoms with Gasteiger partial charge in [-0.15, -0.1) is 11.3 Å². The van der Waals surface area contributed by atoms with Crippen molar-refractivity contribution >= 4 is 28.2 Å². The molecule has 150 valence electrons. The molecule has 1 fully saturated rings. The standard InChI is InChI=1S/C21H27N3O3S/c1-3-9-22-19(25)15(2)23-20(26)18-14-17(16-7-5-4-6-8-16)21(28-18)24-10-12-27-13-11-24/h4-8,14-15H,3,9-13H2,1-2H3,(H,22,25)(H,23,26)/t15-/m1/s1. The predicted octanol–water partition coefficient (Wildman–Crippen LogP) is 2.90. The molecule has 0 saturated carbocycles. The van der Waals surface area contributed by atoms with Crippen molar-refractivity contribution in [3.63, 3.8) is 0 Å². The molecule has 1 aromatic carbocycles. The molecule has 2 N–H and O–H groups in total. The summed E-state index contributed by atoms with van der Waals surface area (Å²) in [6, 6.07) is 11.4. The number of hydrogen-bond acceptors (Lipinski definition) is 5. The molecule has 1 atom stereocenters. The maximum Gasteiger partial charge on any atom is 0.262 e. The van der Waals surface area contributed by atoms with E-state index >= 15 is 0 Å². The first kappa shape index (κ1) is 20.4. The Morgan fingerprint density at radius 2 is 1.93 bits per heavy atom. The van der Waals surface area contributed by atoms with Gasteiger partial charge in [0.1, 0.15) is 6.04 Å². The first-order valence-electron chi connectivity index (χ1n) is 9.70. The van der Waals surface area contributed by atoms with Gasteiger partial charge in [0.05, 0.1) is 23.1 Å². The maximum atomic E-state index is 12.8. The quantitative estimate of drug-likeness (QED) is 0.748. The van der Waals surface area contributed by atoms with Crippen molar-refractivity contribution in [1.82, 2.24) is 10.6 Å². The summed E-state index contributed by atoms with van der Waals surface area (Å²) in [6.45, 7) is 7.28. The molecule has 0 aliphatic carbocycles. The summed E-state index contributed by atoms with van der Waals surface area (Å²) in [6.07, 6.45) is 0.862. The van der Waals surface area contributed by atoms with Crippen molar-refractivity contribution in [3.05, 3.63) is 41.3 Å². The van der Waals surface area contributed by atoms with Gasteiger partial charge in [0.25, 0.3) is 5.91 Å². The number of benzene rings is 1. The van der Waals surface area contributed by atoms with Gasteiger partial charge in [0.15, 0.2) is 0 Å². The molecule has 7 heteroatoms. The van der Waals surface area contributed by atoms with Crippen LogP contribution in [0.15, 0.2) is 36.4 Å². The van der Waals surface area contributed by atoms with Gasteiger partial charge < -0.3 is 20.3 Å². The fourth-order valence-corrected chi connectivity index (χ4v) is 4.19. The van der Waals surface area contributed by atoms with Gasteiger partial charge in [-0.3, -0.25) is 9.59 Å². The Kier molecular flexibility index (Phi) is 7.06. The number of anilines is 1. The van der Waals surface area contributed by atoms with Crippen molar-refractivity contribution in [2.75, 3.05) is 37.7 Å². The second-order valence-electron chi connectivity index (χ2n) is 6.78. The Morgan fingerprint density at radius 1 is 1.21 bits per heavy atom. The summed E-state index contributed by atoms with van der Waals surface area (Å²) < 4.78 is 5.47. The van der Waals surface area contributed by atoms with Gasteiger partial charge in [0.2, 0.25) is 5.91 Å². The second-order valence-corrected chi connectivity index (χ2v) is 7.81. The lowest BCUT2D eigenvalue weighted by Gasteiger charge is -2.28. The lowest BCUT2D eigenvalue weighted by atomic mass is 10.1. The van der Waals surface area contributed by atoms with Crippen molar-refractivity contribution in [2.24, 2.45) is 0 Å². The fourth-order valence-electron chi connectivity index (χ4n) is 3.05. The third kappa shape index (κ3) is 4.91. The van der Waals surface area contributed by atoms with E-state index < -0.39 is 6.04 Å². The Labute approximate surface area is 169 Å². The van der Waals surface area contributed by atoms with E-state index in [4.69, 9.17) is 4.74 Å². The van der Waals surface area contributed by atoms with Gasteiger partial charge in [-0.05, 0) is 25.0 Å². The summed E-state index contributed by atoms with van der Waals surface area (Å²) in [5, 5.41) is 6.70. The Hall–Kier alpha value is -2.38. The van der Waals surface area contributed by atoms with Crippen LogP contribution in [0.4, 0.5) is 5.00 Å². The lowest BCUT2D eigenvalue weighted by Crippen LogP contribution is -2.44. The maximum absolute atomic E-state index is 12.8. The molecule has 6 nitrogen and oxygen atoms in total. The number of nitrogens with zero attached hydrogens (tertiary/aromatic N) is 1. The van der Waals surface area contributed by atoms with Gasteiger partial charge in [-0.1, -0.05) is 37.3 Å². The molecule has 0 spiro atoms. The van der Waals surface area contributed by atoms with Crippen molar-refractivity contribution < 1.29 is 14.3 Å². The van der Waals surface area contributed by atoms with Gasteiger partial charge in [0, 0.05) is 25.2 Å². The molecule has 3 rings (SSSR count). The number of amides is 2. The first-order valence-corrected chi connectivity index (χ1v) is 10.5. The van der Waals surface area contributed by atoms with E-state index in [1.54, 1.807) is 6.92 Å². The Morgan fingerprint density at radius 3 is 2.61 bits per heavy atom. The Balaban J connectivity index is 1.82. The third-order valence-corrected chi connectivity index (χ3v) is 5.80. The zero-order chi connectivity index (χ0) is 19.9. The highest BCUT2D eigenvalue weighted by Gasteiger charge is 2.23. The van der Waals surface area contributed by atoms with E-state index in [2.05, 4.69) is 27.7 Å². The normalized spacial score (nSPS) is 15.1. The molecule has 0 unspecified atom stereocenters. The van der Waals surface area contributed by atoms with Crippen LogP contribution in [-0.2, 0) is 9.53 Å². The summed E-state index contributed by atoms with van der Waals surface area (Å²) in [5.41, 5.74) is 2.12. The van der Waals surface area contributed by atoms with Gasteiger partial charge >= 0.3 is 0 Å². The fraction of sp³-hybridized carbons (Fsp3) is 0.429. The molecule has 0 radical (unpaired) electrons. The van der Waals surface area contributed by atoms with Crippen molar-refractivity contribution in [1.29, 1.82) is 0 Å². The summed E-state index contributed by atoms with van der Waals surface area (Å²) >= 11 is 1.47. The van der Waals surface area contributed by atoms with Crippen molar-refractivity contribution in [2.45, 2.75) is 26.3 Å². The van der Waals surface area contributed by atoms with E-state index in [1.165, 1.54) is 11.3 Å². The number of nitrogens with one attached hydrogen (secondary N) is 2. The lowest BCUT2D eigenvalue weighted by molar-refractivity contribution is -0.122. The number of carbonyl (C=O) groups is 2. The minimum absolute atomic E-state index is 0.163. The number of rotatable bonds is 7. The van der Waals surface area contributed by atoms with Crippen molar-refractivity contribution in [3.8, 4) is 11.1 Å². The van der Waals surface area contributed by atoms with Crippen LogP contribution < -0.4 is 15.5 Å². The molecule has 0 bridgehead atoms.